The summed E-state index contributed by atoms with van der Waals surface area (Å²) in [4.78, 5) is 0. The Bertz CT molecular complexity index is 388. The van der Waals surface area contributed by atoms with E-state index >= 15 is 0 Å². The van der Waals surface area contributed by atoms with Gasteiger partial charge < -0.3 is 0 Å². The van der Waals surface area contributed by atoms with Crippen molar-refractivity contribution in [2.24, 2.45) is 0 Å². The second kappa shape index (κ2) is 12.4. The summed E-state index contributed by atoms with van der Waals surface area (Å²) in [5.74, 6) is 0. The van der Waals surface area contributed by atoms with E-state index in [1.54, 1.807) is 28.9 Å². The summed E-state index contributed by atoms with van der Waals surface area (Å²) < 4.78 is 6.56. The Hall–Kier alpha value is 0.0187. The van der Waals surface area contributed by atoms with Crippen LogP contribution in [0.2, 0.25) is 17.7 Å². The molecular weight excluding hydrogens is 383 g/mol. The van der Waals surface area contributed by atoms with Crippen LogP contribution >= 0.6 is 0 Å². The summed E-state index contributed by atoms with van der Waals surface area (Å²) >= 11 is -1.94. The molecule has 23 heavy (non-hydrogen) atoms. The zero-order valence-corrected chi connectivity index (χ0v) is 19.1. The Kier molecular flexibility index (Phi) is 11.3. The zero-order valence-electron chi connectivity index (χ0n) is 16.3. The van der Waals surface area contributed by atoms with E-state index in [-0.39, 0.29) is 0 Å². The molecule has 0 radical (unpaired) electrons. The molecule has 1 heteroatoms. The molecule has 0 fully saturated rings. The molecule has 0 bridgehead atoms. The molecule has 0 aliphatic rings. The molecule has 0 atom stereocenters. The second-order valence-corrected chi connectivity index (χ2v) is 21.7. The average Bonchev–Trinajstić information content (AvgIpc) is 2.60. The topological polar surface area (TPSA) is 0 Å². The quantitative estimate of drug-likeness (QED) is 0.286. The summed E-state index contributed by atoms with van der Waals surface area (Å²) in [7, 11) is 0. The fourth-order valence-corrected chi connectivity index (χ4v) is 20.0. The predicted octanol–water partition coefficient (Wildman–Crippen LogP) is 7.64. The van der Waals surface area contributed by atoms with Crippen molar-refractivity contribution in [3.63, 3.8) is 0 Å². The van der Waals surface area contributed by atoms with Crippen LogP contribution in [0.3, 0.4) is 0 Å². The fourth-order valence-electron chi connectivity index (χ4n) is 3.95. The van der Waals surface area contributed by atoms with Gasteiger partial charge >= 0.3 is 151 Å². The zero-order chi connectivity index (χ0) is 17.0. The molecule has 0 saturated carbocycles. The number of hydrogen-bond acceptors (Lipinski definition) is 0. The molecule has 1 aromatic carbocycles. The van der Waals surface area contributed by atoms with E-state index in [0.717, 1.165) is 0 Å². The molecule has 0 aromatic heterocycles. The van der Waals surface area contributed by atoms with Gasteiger partial charge in [-0.3, -0.25) is 0 Å². The first-order valence-corrected chi connectivity index (χ1v) is 18.3. The van der Waals surface area contributed by atoms with Crippen LogP contribution in [0.5, 0.6) is 0 Å². The van der Waals surface area contributed by atoms with Crippen molar-refractivity contribution in [2.75, 3.05) is 0 Å². The van der Waals surface area contributed by atoms with Gasteiger partial charge in [0.2, 0.25) is 0 Å². The first kappa shape index (κ1) is 21.1. The Balaban J connectivity index is 2.82. The SMILES string of the molecule is CCC[CH2][Sn]([CH2]CCC)([CH2]CCC)[CH2]Cc1ccccc1CC. The van der Waals surface area contributed by atoms with Crippen molar-refractivity contribution >= 4 is 18.4 Å². The van der Waals surface area contributed by atoms with E-state index in [0.29, 0.717) is 0 Å². The molecule has 0 N–H and O–H groups in total. The van der Waals surface area contributed by atoms with Crippen LogP contribution in [0.25, 0.3) is 0 Å². The van der Waals surface area contributed by atoms with Crippen molar-refractivity contribution in [2.45, 2.75) is 96.8 Å². The van der Waals surface area contributed by atoms with Crippen molar-refractivity contribution in [3.05, 3.63) is 35.4 Å². The minimum absolute atomic E-state index is 1.19. The van der Waals surface area contributed by atoms with Gasteiger partial charge in [0.05, 0.1) is 0 Å². The van der Waals surface area contributed by atoms with Gasteiger partial charge in [-0.05, 0) is 0 Å². The number of unbranched alkanes of at least 4 members (excludes halogenated alkanes) is 3. The van der Waals surface area contributed by atoms with Gasteiger partial charge in [-0.15, -0.1) is 0 Å². The van der Waals surface area contributed by atoms with Crippen molar-refractivity contribution in [3.8, 4) is 0 Å². The molecule has 0 amide bonds. The van der Waals surface area contributed by atoms with Crippen LogP contribution in [-0.4, -0.2) is 18.4 Å². The summed E-state index contributed by atoms with van der Waals surface area (Å²) in [5.41, 5.74) is 3.25. The predicted molar refractivity (Wildman–Crippen MR) is 109 cm³/mol. The van der Waals surface area contributed by atoms with E-state index in [4.69, 9.17) is 0 Å². The van der Waals surface area contributed by atoms with E-state index in [1.165, 1.54) is 51.4 Å². The maximum absolute atomic E-state index is 2.40. The van der Waals surface area contributed by atoms with Crippen LogP contribution in [0.4, 0.5) is 0 Å². The van der Waals surface area contributed by atoms with Gasteiger partial charge in [0.25, 0.3) is 0 Å². The van der Waals surface area contributed by atoms with Gasteiger partial charge in [-0.1, -0.05) is 0 Å². The Labute approximate surface area is 150 Å². The Morgan fingerprint density at radius 2 is 1.13 bits per heavy atom. The summed E-state index contributed by atoms with van der Waals surface area (Å²) in [6.45, 7) is 9.44. The van der Waals surface area contributed by atoms with Crippen LogP contribution in [0.1, 0.15) is 77.3 Å². The van der Waals surface area contributed by atoms with Crippen LogP contribution in [0, 0.1) is 0 Å². The minimum atomic E-state index is -1.94. The van der Waals surface area contributed by atoms with E-state index in [1.807, 2.05) is 0 Å². The first-order chi connectivity index (χ1) is 11.2. The normalized spacial score (nSPS) is 11.8. The van der Waals surface area contributed by atoms with Crippen LogP contribution in [0.15, 0.2) is 24.3 Å². The van der Waals surface area contributed by atoms with Crippen molar-refractivity contribution in [1.29, 1.82) is 0 Å². The molecule has 132 valence electrons. The molecule has 1 aromatic rings. The third-order valence-corrected chi connectivity index (χ3v) is 21.5. The Morgan fingerprint density at radius 1 is 0.652 bits per heavy atom. The molecule has 0 nitrogen and oxygen atoms in total. The number of hydrogen-bond donors (Lipinski definition) is 0. The van der Waals surface area contributed by atoms with Crippen LogP contribution in [-0.2, 0) is 12.8 Å². The van der Waals surface area contributed by atoms with Gasteiger partial charge in [0, 0.05) is 0 Å². The van der Waals surface area contributed by atoms with Crippen LogP contribution < -0.4 is 0 Å². The number of aryl methyl sites for hydroxylation is 2. The number of rotatable bonds is 13. The molecule has 0 spiro atoms. The molecule has 1 rings (SSSR count). The third kappa shape index (κ3) is 7.62. The van der Waals surface area contributed by atoms with Gasteiger partial charge in [0.15, 0.2) is 0 Å². The summed E-state index contributed by atoms with van der Waals surface area (Å²) in [5, 5.41) is 0. The van der Waals surface area contributed by atoms with Crippen molar-refractivity contribution < 1.29 is 0 Å². The summed E-state index contributed by atoms with van der Waals surface area (Å²) in [6, 6.07) is 9.20. The molecular formula is C22H40Sn. The maximum atomic E-state index is 2.40. The summed E-state index contributed by atoms with van der Waals surface area (Å²) in [6.07, 6.45) is 11.2. The van der Waals surface area contributed by atoms with E-state index < -0.39 is 18.4 Å². The van der Waals surface area contributed by atoms with Gasteiger partial charge in [-0.2, -0.15) is 0 Å². The fraction of sp³-hybridized carbons (Fsp3) is 0.727. The second-order valence-electron chi connectivity index (χ2n) is 7.43. The Morgan fingerprint density at radius 3 is 1.57 bits per heavy atom. The average molecular weight is 423 g/mol. The molecule has 0 saturated heterocycles. The van der Waals surface area contributed by atoms with E-state index in [9.17, 15) is 0 Å². The molecule has 0 aliphatic heterocycles. The first-order valence-electron chi connectivity index (χ1n) is 10.3. The van der Waals surface area contributed by atoms with E-state index in [2.05, 4.69) is 52.0 Å². The standard InChI is InChI=1S/C10H13.3C4H9.Sn/c1-3-9-7-5-6-8-10(9)4-2;3*1-3-4-2;/h5-8H,1,3-4H2,2H3;3*1,3-4H2,2H3;. The van der Waals surface area contributed by atoms with Gasteiger partial charge in [-0.25, -0.2) is 0 Å². The molecule has 0 heterocycles. The third-order valence-electron chi connectivity index (χ3n) is 5.61. The molecule has 0 aliphatic carbocycles. The van der Waals surface area contributed by atoms with Gasteiger partial charge in [0.1, 0.15) is 0 Å². The molecule has 0 unspecified atom stereocenters. The van der Waals surface area contributed by atoms with Crippen molar-refractivity contribution in [1.82, 2.24) is 0 Å². The monoisotopic (exact) mass is 424 g/mol. The number of benzene rings is 1.